The van der Waals surface area contributed by atoms with Gasteiger partial charge in [-0.15, -0.1) is 0 Å². The van der Waals surface area contributed by atoms with Crippen LogP contribution in [-0.2, 0) is 14.3 Å². The molecule has 2 amide bonds. The van der Waals surface area contributed by atoms with Gasteiger partial charge in [0.15, 0.2) is 6.10 Å². The minimum absolute atomic E-state index is 0.328. The van der Waals surface area contributed by atoms with Crippen LogP contribution in [0.15, 0.2) is 83.1 Å². The summed E-state index contributed by atoms with van der Waals surface area (Å²) >= 11 is 0. The molecule has 4 rings (SSSR count). The number of amides is 2. The first kappa shape index (κ1) is 25.5. The maximum absolute atomic E-state index is 13.2. The van der Waals surface area contributed by atoms with Gasteiger partial charge in [0.1, 0.15) is 11.6 Å². The molecule has 9 heteroatoms. The van der Waals surface area contributed by atoms with E-state index in [2.05, 4.69) is 4.99 Å². The summed E-state index contributed by atoms with van der Waals surface area (Å²) in [5.74, 6) is -2.08. The fourth-order valence-corrected chi connectivity index (χ4v) is 4.35. The molecule has 2 heterocycles. The van der Waals surface area contributed by atoms with Crippen molar-refractivity contribution in [2.24, 2.45) is 10.9 Å². The van der Waals surface area contributed by atoms with Gasteiger partial charge in [-0.3, -0.25) is 9.79 Å². The third-order valence-corrected chi connectivity index (χ3v) is 6.28. The van der Waals surface area contributed by atoms with Gasteiger partial charge in [0.05, 0.1) is 24.4 Å². The molecular weight excluding hydrogens is 473 g/mol. The molecule has 0 spiro atoms. The van der Waals surface area contributed by atoms with E-state index in [0.717, 1.165) is 27.7 Å². The molecule has 1 saturated heterocycles. The molecule has 1 unspecified atom stereocenters. The number of allylic oxidation sites excluding steroid dienone is 6. The van der Waals surface area contributed by atoms with Crippen LogP contribution in [0, 0.1) is 5.92 Å². The van der Waals surface area contributed by atoms with Gasteiger partial charge in [-0.1, -0.05) is 54.6 Å². The first-order chi connectivity index (χ1) is 17.0. The summed E-state index contributed by atoms with van der Waals surface area (Å²) in [5.41, 5.74) is 1.85. The Balaban J connectivity index is 1.39. The van der Waals surface area contributed by atoms with Crippen molar-refractivity contribution >= 4 is 17.7 Å². The van der Waals surface area contributed by atoms with Gasteiger partial charge in [0.2, 0.25) is 0 Å². The van der Waals surface area contributed by atoms with Gasteiger partial charge in [0, 0.05) is 0 Å². The van der Waals surface area contributed by atoms with Crippen molar-refractivity contribution < 1.29 is 32.2 Å². The molecule has 1 aromatic rings. The van der Waals surface area contributed by atoms with Crippen LogP contribution in [-0.4, -0.2) is 47.0 Å². The second-order valence-corrected chi connectivity index (χ2v) is 9.39. The number of hydrogen-bond donors (Lipinski definition) is 0. The SMILES string of the molecule is C[C@H](O/C=C1\C=CC(C2=NCC(C(F)(F)F)C=C2)=CC1)C(=O)N1C(=O)OC(C)(C)[C@@H]1c1ccccc1. The topological polar surface area (TPSA) is 68.2 Å². The van der Waals surface area contributed by atoms with E-state index >= 15 is 0 Å². The minimum atomic E-state index is -4.30. The van der Waals surface area contributed by atoms with E-state index in [1.807, 2.05) is 36.4 Å². The van der Waals surface area contributed by atoms with E-state index in [-0.39, 0.29) is 6.54 Å². The smallest absolute Gasteiger partial charge is 0.417 e. The van der Waals surface area contributed by atoms with Gasteiger partial charge in [-0.25, -0.2) is 9.69 Å². The molecule has 1 aromatic carbocycles. The van der Waals surface area contributed by atoms with Crippen LogP contribution >= 0.6 is 0 Å². The number of benzene rings is 1. The number of carbonyl (C=O) groups excluding carboxylic acids is 2. The number of cyclic esters (lactones) is 1. The Bertz CT molecular complexity index is 1180. The largest absolute Gasteiger partial charge is 0.488 e. The third-order valence-electron chi connectivity index (χ3n) is 6.28. The number of imide groups is 1. The fraction of sp³-hybridized carbons (Fsp3) is 0.370. The number of carbonyl (C=O) groups is 2. The molecule has 2 aliphatic heterocycles. The predicted molar refractivity (Wildman–Crippen MR) is 128 cm³/mol. The van der Waals surface area contributed by atoms with E-state index in [9.17, 15) is 22.8 Å². The molecule has 36 heavy (non-hydrogen) atoms. The molecule has 1 aliphatic carbocycles. The Labute approximate surface area is 207 Å². The van der Waals surface area contributed by atoms with Gasteiger partial charge < -0.3 is 9.47 Å². The van der Waals surface area contributed by atoms with Gasteiger partial charge in [-0.2, -0.15) is 13.2 Å². The quantitative estimate of drug-likeness (QED) is 0.476. The Kier molecular flexibility index (Phi) is 6.93. The zero-order valence-electron chi connectivity index (χ0n) is 20.2. The summed E-state index contributed by atoms with van der Waals surface area (Å²) in [7, 11) is 0. The maximum Gasteiger partial charge on any atom is 0.417 e. The number of halogens is 3. The average Bonchev–Trinajstić information content (AvgIpc) is 3.10. The lowest BCUT2D eigenvalue weighted by Crippen LogP contribution is -2.42. The zero-order chi connectivity index (χ0) is 26.1. The lowest BCUT2D eigenvalue weighted by atomic mass is 9.91. The normalized spacial score (nSPS) is 25.3. The molecule has 3 aliphatic rings. The number of alkyl halides is 3. The van der Waals surface area contributed by atoms with Gasteiger partial charge >= 0.3 is 12.3 Å². The Morgan fingerprint density at radius 1 is 1.22 bits per heavy atom. The van der Waals surface area contributed by atoms with Crippen molar-refractivity contribution in [1.29, 1.82) is 0 Å². The summed E-state index contributed by atoms with van der Waals surface area (Å²) in [5, 5.41) is 0. The molecule has 0 aromatic heterocycles. The molecule has 0 saturated carbocycles. The summed E-state index contributed by atoms with van der Waals surface area (Å²) in [6.45, 7) is 4.75. The lowest BCUT2D eigenvalue weighted by Gasteiger charge is -2.29. The first-order valence-corrected chi connectivity index (χ1v) is 11.6. The number of hydrogen-bond acceptors (Lipinski definition) is 5. The molecule has 3 atom stereocenters. The molecule has 6 nitrogen and oxygen atoms in total. The van der Waals surface area contributed by atoms with Crippen molar-refractivity contribution in [2.45, 2.75) is 51.1 Å². The molecule has 190 valence electrons. The van der Waals surface area contributed by atoms with Crippen molar-refractivity contribution in [3.63, 3.8) is 0 Å². The highest BCUT2D eigenvalue weighted by atomic mass is 19.4. The summed E-state index contributed by atoms with van der Waals surface area (Å²) in [6, 6.07) is 8.61. The highest BCUT2D eigenvalue weighted by Crippen LogP contribution is 2.41. The molecule has 0 N–H and O–H groups in total. The molecule has 1 fully saturated rings. The number of rotatable bonds is 5. The highest BCUT2D eigenvalue weighted by molar-refractivity contribution is 6.11. The number of ether oxygens (including phenoxy) is 2. The summed E-state index contributed by atoms with van der Waals surface area (Å²) in [4.78, 5) is 31.0. The molecule has 0 radical (unpaired) electrons. The fourth-order valence-electron chi connectivity index (χ4n) is 4.35. The van der Waals surface area contributed by atoms with E-state index in [4.69, 9.17) is 9.47 Å². The van der Waals surface area contributed by atoms with Crippen molar-refractivity contribution in [3.8, 4) is 0 Å². The average molecular weight is 501 g/mol. The monoisotopic (exact) mass is 500 g/mol. The summed E-state index contributed by atoms with van der Waals surface area (Å²) < 4.78 is 49.6. The van der Waals surface area contributed by atoms with Crippen molar-refractivity contribution in [2.75, 3.05) is 6.54 Å². The Morgan fingerprint density at radius 3 is 2.53 bits per heavy atom. The molecular formula is C27H27F3N2O4. The number of dihydropyridines is 1. The second-order valence-electron chi connectivity index (χ2n) is 9.39. The first-order valence-electron chi connectivity index (χ1n) is 11.6. The van der Waals surface area contributed by atoms with E-state index in [1.54, 1.807) is 32.9 Å². The third kappa shape index (κ3) is 5.29. The number of aliphatic imine (C=N–C) groups is 1. The number of nitrogens with zero attached hydrogens (tertiary/aromatic N) is 2. The van der Waals surface area contributed by atoms with Crippen LogP contribution < -0.4 is 0 Å². The Morgan fingerprint density at radius 2 is 1.94 bits per heavy atom. The van der Waals surface area contributed by atoms with Crippen molar-refractivity contribution in [3.05, 3.63) is 83.7 Å². The van der Waals surface area contributed by atoms with E-state index < -0.39 is 41.8 Å². The highest BCUT2D eigenvalue weighted by Gasteiger charge is 2.52. The Hall–Kier alpha value is -3.62. The van der Waals surface area contributed by atoms with Crippen LogP contribution in [0.2, 0.25) is 0 Å². The second kappa shape index (κ2) is 9.79. The van der Waals surface area contributed by atoms with E-state index in [0.29, 0.717) is 12.1 Å². The van der Waals surface area contributed by atoms with Gasteiger partial charge in [0.25, 0.3) is 5.91 Å². The van der Waals surface area contributed by atoms with Crippen LogP contribution in [0.4, 0.5) is 18.0 Å². The van der Waals surface area contributed by atoms with Gasteiger partial charge in [-0.05, 0) is 50.0 Å². The van der Waals surface area contributed by atoms with Crippen LogP contribution in [0.25, 0.3) is 0 Å². The minimum Gasteiger partial charge on any atom is -0.488 e. The van der Waals surface area contributed by atoms with Crippen LogP contribution in [0.3, 0.4) is 0 Å². The maximum atomic E-state index is 13.2. The zero-order valence-corrected chi connectivity index (χ0v) is 20.2. The predicted octanol–water partition coefficient (Wildman–Crippen LogP) is 5.85. The molecule has 0 bridgehead atoms. The van der Waals surface area contributed by atoms with Crippen LogP contribution in [0.5, 0.6) is 0 Å². The van der Waals surface area contributed by atoms with Crippen molar-refractivity contribution in [1.82, 2.24) is 4.90 Å². The lowest BCUT2D eigenvalue weighted by molar-refractivity contribution is -0.158. The van der Waals surface area contributed by atoms with E-state index in [1.165, 1.54) is 12.3 Å². The van der Waals surface area contributed by atoms with Crippen LogP contribution in [0.1, 0.15) is 38.8 Å². The standard InChI is InChI=1S/C27H27F3N2O4/c1-17(24(33)32-23(20-7-5-4-6-8-20)26(2,3)36-25(32)34)35-16-18-9-11-19(12-10-18)22-14-13-21(15-31-22)27(28,29)30/h4-9,11-14,16-17,21,23H,10,15H2,1-3H3/b18-16+/t17-,21?,23-/m0/s1. The summed E-state index contributed by atoms with van der Waals surface area (Å²) in [6.07, 6.45) is 3.80.